The van der Waals surface area contributed by atoms with Gasteiger partial charge < -0.3 is 4.74 Å². The number of carbonyl (C=O) groups excluding carboxylic acids is 1. The van der Waals surface area contributed by atoms with Crippen LogP contribution in [0.5, 0.6) is 0 Å². The Hall–Kier alpha value is -1.83. The summed E-state index contributed by atoms with van der Waals surface area (Å²) >= 11 is 0. The predicted molar refractivity (Wildman–Crippen MR) is 64.4 cm³/mol. The number of esters is 1. The summed E-state index contributed by atoms with van der Waals surface area (Å²) in [6, 6.07) is 12.2. The van der Waals surface area contributed by atoms with Crippen LogP contribution in [0.3, 0.4) is 0 Å². The topological polar surface area (TPSA) is 26.3 Å². The molecule has 0 saturated carbocycles. The van der Waals surface area contributed by atoms with Crippen LogP contribution >= 0.6 is 0 Å². The van der Waals surface area contributed by atoms with Gasteiger partial charge in [-0.1, -0.05) is 36.4 Å². The number of benzene rings is 2. The maximum absolute atomic E-state index is 11.3. The van der Waals surface area contributed by atoms with Crippen LogP contribution in [0.2, 0.25) is 0 Å². The van der Waals surface area contributed by atoms with E-state index < -0.39 is 0 Å². The van der Waals surface area contributed by atoms with Crippen molar-refractivity contribution < 1.29 is 9.53 Å². The van der Waals surface area contributed by atoms with Gasteiger partial charge in [0.25, 0.3) is 0 Å². The second kappa shape index (κ2) is 4.35. The second-order valence-electron chi connectivity index (χ2n) is 3.84. The molecule has 16 heavy (non-hydrogen) atoms. The van der Waals surface area contributed by atoms with Crippen molar-refractivity contribution in [2.75, 3.05) is 7.11 Å². The van der Waals surface area contributed by atoms with Crippen LogP contribution in [0.1, 0.15) is 11.1 Å². The minimum atomic E-state index is -0.200. The molecule has 2 heteroatoms. The number of hydrogen-bond donors (Lipinski definition) is 0. The molecular weight excluding hydrogens is 200 g/mol. The third-order valence-corrected chi connectivity index (χ3v) is 2.79. The highest BCUT2D eigenvalue weighted by molar-refractivity contribution is 5.91. The van der Waals surface area contributed by atoms with Crippen molar-refractivity contribution in [1.82, 2.24) is 0 Å². The van der Waals surface area contributed by atoms with E-state index >= 15 is 0 Å². The van der Waals surface area contributed by atoms with Crippen molar-refractivity contribution in [3.05, 3.63) is 47.5 Å². The lowest BCUT2D eigenvalue weighted by molar-refractivity contribution is -0.139. The SMILES string of the molecule is COC(=O)Cc1cccc2c(C)cccc12. The van der Waals surface area contributed by atoms with Crippen LogP contribution in [0, 0.1) is 6.92 Å². The van der Waals surface area contributed by atoms with Gasteiger partial charge in [0.05, 0.1) is 13.5 Å². The summed E-state index contributed by atoms with van der Waals surface area (Å²) in [5, 5.41) is 2.33. The third kappa shape index (κ3) is 1.91. The zero-order chi connectivity index (χ0) is 11.5. The van der Waals surface area contributed by atoms with E-state index in [0.717, 1.165) is 10.9 Å². The number of carbonyl (C=O) groups is 1. The van der Waals surface area contributed by atoms with Crippen LogP contribution < -0.4 is 0 Å². The number of hydrogen-bond acceptors (Lipinski definition) is 2. The summed E-state index contributed by atoms with van der Waals surface area (Å²) in [6.07, 6.45) is 0.331. The van der Waals surface area contributed by atoms with E-state index in [0.29, 0.717) is 6.42 Å². The summed E-state index contributed by atoms with van der Waals surface area (Å²) in [4.78, 5) is 11.3. The van der Waals surface area contributed by atoms with E-state index in [1.165, 1.54) is 18.1 Å². The fourth-order valence-electron chi connectivity index (χ4n) is 1.91. The van der Waals surface area contributed by atoms with Crippen molar-refractivity contribution in [3.8, 4) is 0 Å². The molecule has 2 aromatic rings. The van der Waals surface area contributed by atoms with Gasteiger partial charge in [-0.15, -0.1) is 0 Å². The van der Waals surface area contributed by atoms with Gasteiger partial charge in [0.15, 0.2) is 0 Å². The lowest BCUT2D eigenvalue weighted by Crippen LogP contribution is -2.04. The molecule has 0 unspecified atom stereocenters. The van der Waals surface area contributed by atoms with E-state index in [9.17, 15) is 4.79 Å². The molecule has 0 atom stereocenters. The molecule has 0 spiro atoms. The first-order valence-corrected chi connectivity index (χ1v) is 5.26. The van der Waals surface area contributed by atoms with Crippen LogP contribution in [0.4, 0.5) is 0 Å². The normalized spacial score (nSPS) is 10.4. The molecule has 0 N–H and O–H groups in total. The molecule has 0 bridgehead atoms. The highest BCUT2D eigenvalue weighted by atomic mass is 16.5. The van der Waals surface area contributed by atoms with Crippen molar-refractivity contribution in [1.29, 1.82) is 0 Å². The summed E-state index contributed by atoms with van der Waals surface area (Å²) in [6.45, 7) is 2.07. The highest BCUT2D eigenvalue weighted by Gasteiger charge is 2.07. The van der Waals surface area contributed by atoms with Gasteiger partial charge in [-0.25, -0.2) is 0 Å². The molecule has 2 nitrogen and oxygen atoms in total. The van der Waals surface area contributed by atoms with Crippen LogP contribution in [-0.2, 0) is 16.0 Å². The summed E-state index contributed by atoms with van der Waals surface area (Å²) in [5.74, 6) is -0.200. The molecule has 0 aliphatic carbocycles. The minimum absolute atomic E-state index is 0.200. The highest BCUT2D eigenvalue weighted by Crippen LogP contribution is 2.22. The first-order valence-electron chi connectivity index (χ1n) is 5.26. The molecule has 2 rings (SSSR count). The van der Waals surface area contributed by atoms with E-state index in [-0.39, 0.29) is 5.97 Å². The first-order chi connectivity index (χ1) is 7.72. The Labute approximate surface area is 94.8 Å². The summed E-state index contributed by atoms with van der Waals surface area (Å²) < 4.78 is 4.69. The van der Waals surface area contributed by atoms with E-state index in [4.69, 9.17) is 4.74 Å². The standard InChI is InChI=1S/C14H14O2/c1-10-5-3-8-13-11(9-14(15)16-2)6-4-7-12(10)13/h3-8H,9H2,1-2H3. The first kappa shape index (κ1) is 10.7. The average Bonchev–Trinajstić information content (AvgIpc) is 2.30. The molecule has 0 fully saturated rings. The van der Waals surface area contributed by atoms with Gasteiger partial charge in [-0.3, -0.25) is 4.79 Å². The zero-order valence-electron chi connectivity index (χ0n) is 9.49. The Kier molecular flexibility index (Phi) is 2.91. The number of methoxy groups -OCH3 is 1. The van der Waals surface area contributed by atoms with Crippen molar-refractivity contribution in [2.24, 2.45) is 0 Å². The Morgan fingerprint density at radius 3 is 2.56 bits per heavy atom. The number of fused-ring (bicyclic) bond motifs is 1. The molecular formula is C14H14O2. The summed E-state index contributed by atoms with van der Waals surface area (Å²) in [5.41, 5.74) is 2.25. The fourth-order valence-corrected chi connectivity index (χ4v) is 1.91. The molecule has 0 aliphatic rings. The van der Waals surface area contributed by atoms with E-state index in [1.807, 2.05) is 24.3 Å². The average molecular weight is 214 g/mol. The third-order valence-electron chi connectivity index (χ3n) is 2.79. The van der Waals surface area contributed by atoms with Gasteiger partial charge in [-0.05, 0) is 28.8 Å². The molecule has 82 valence electrons. The lowest BCUT2D eigenvalue weighted by atomic mass is 9.99. The maximum Gasteiger partial charge on any atom is 0.309 e. The molecule has 0 aromatic heterocycles. The lowest BCUT2D eigenvalue weighted by Gasteiger charge is -2.07. The van der Waals surface area contributed by atoms with Gasteiger partial charge in [0, 0.05) is 0 Å². The molecule has 2 aromatic carbocycles. The largest absolute Gasteiger partial charge is 0.469 e. The van der Waals surface area contributed by atoms with Gasteiger partial charge in [0.2, 0.25) is 0 Å². The second-order valence-corrected chi connectivity index (χ2v) is 3.84. The predicted octanol–water partition coefficient (Wildman–Crippen LogP) is 2.86. The quantitative estimate of drug-likeness (QED) is 0.718. The summed E-state index contributed by atoms with van der Waals surface area (Å²) in [7, 11) is 1.42. The van der Waals surface area contributed by atoms with E-state index in [1.54, 1.807) is 0 Å². The molecule has 0 aliphatic heterocycles. The minimum Gasteiger partial charge on any atom is -0.469 e. The molecule has 0 heterocycles. The van der Waals surface area contributed by atoms with Crippen molar-refractivity contribution in [2.45, 2.75) is 13.3 Å². The molecule has 0 saturated heterocycles. The fraction of sp³-hybridized carbons (Fsp3) is 0.214. The molecule has 0 radical (unpaired) electrons. The Balaban J connectivity index is 2.54. The van der Waals surface area contributed by atoms with Crippen LogP contribution in [-0.4, -0.2) is 13.1 Å². The van der Waals surface area contributed by atoms with Crippen LogP contribution in [0.15, 0.2) is 36.4 Å². The maximum atomic E-state index is 11.3. The monoisotopic (exact) mass is 214 g/mol. The number of rotatable bonds is 2. The van der Waals surface area contributed by atoms with Gasteiger partial charge in [-0.2, -0.15) is 0 Å². The Bertz CT molecular complexity index is 529. The smallest absolute Gasteiger partial charge is 0.309 e. The number of aryl methyl sites for hydroxylation is 1. The molecule has 0 amide bonds. The van der Waals surface area contributed by atoms with Crippen molar-refractivity contribution >= 4 is 16.7 Å². The Morgan fingerprint density at radius 1 is 1.12 bits per heavy atom. The zero-order valence-corrected chi connectivity index (χ0v) is 9.49. The van der Waals surface area contributed by atoms with Gasteiger partial charge in [0.1, 0.15) is 0 Å². The van der Waals surface area contributed by atoms with Gasteiger partial charge >= 0.3 is 5.97 Å². The number of ether oxygens (including phenoxy) is 1. The van der Waals surface area contributed by atoms with Crippen LogP contribution in [0.25, 0.3) is 10.8 Å². The Morgan fingerprint density at radius 2 is 1.81 bits per heavy atom. The van der Waals surface area contributed by atoms with Crippen molar-refractivity contribution in [3.63, 3.8) is 0 Å². The van der Waals surface area contributed by atoms with E-state index in [2.05, 4.69) is 19.1 Å².